The fourth-order valence-electron chi connectivity index (χ4n) is 3.86. The molecule has 3 aromatic carbocycles. The highest BCUT2D eigenvalue weighted by atomic mass is 79.9. The third-order valence-corrected chi connectivity index (χ3v) is 8.20. The molecule has 12 heteroatoms. The molecule has 198 valence electrons. The summed E-state index contributed by atoms with van der Waals surface area (Å²) in [6, 6.07) is 16.0. The van der Waals surface area contributed by atoms with Gasteiger partial charge < -0.3 is 19.0 Å². The fraction of sp³-hybridized carbons (Fsp3) is 0.111. The maximum atomic E-state index is 13.6. The maximum Gasteiger partial charge on any atom is 0.341 e. The van der Waals surface area contributed by atoms with E-state index in [2.05, 4.69) is 52.9 Å². The third kappa shape index (κ3) is 5.49. The number of fused-ring (bicyclic) bond motifs is 2. The SMILES string of the molecule is CCOc1cc(C=Nn2c(-c3cc4cc(Br)ccc4o3)nc3ccccc3c2=O)c(Br)c(Br)c1OCC(=O)O. The molecule has 0 aliphatic carbocycles. The van der Waals surface area contributed by atoms with Crippen molar-refractivity contribution >= 4 is 81.8 Å². The number of ether oxygens (including phenoxy) is 2. The Hall–Kier alpha value is -3.48. The molecule has 2 heterocycles. The summed E-state index contributed by atoms with van der Waals surface area (Å²) in [5.41, 5.74) is 1.30. The minimum absolute atomic E-state index is 0.224. The number of carboxylic acids is 1. The Kier molecular flexibility index (Phi) is 7.87. The minimum atomic E-state index is -1.13. The first-order valence-electron chi connectivity index (χ1n) is 11.5. The van der Waals surface area contributed by atoms with Gasteiger partial charge in [-0.1, -0.05) is 28.1 Å². The molecule has 0 unspecified atom stereocenters. The van der Waals surface area contributed by atoms with E-state index in [0.717, 1.165) is 9.86 Å². The van der Waals surface area contributed by atoms with Gasteiger partial charge in [-0.15, -0.1) is 0 Å². The van der Waals surface area contributed by atoms with E-state index in [9.17, 15) is 9.59 Å². The number of furan rings is 1. The molecule has 0 amide bonds. The Balaban J connectivity index is 1.67. The van der Waals surface area contributed by atoms with Crippen LogP contribution in [0.1, 0.15) is 12.5 Å². The molecule has 0 saturated heterocycles. The van der Waals surface area contributed by atoms with Gasteiger partial charge in [0.25, 0.3) is 5.56 Å². The summed E-state index contributed by atoms with van der Waals surface area (Å²) in [4.78, 5) is 29.3. The van der Waals surface area contributed by atoms with Crippen molar-refractivity contribution in [1.29, 1.82) is 0 Å². The van der Waals surface area contributed by atoms with Crippen LogP contribution in [-0.2, 0) is 4.79 Å². The molecule has 0 saturated carbocycles. The molecule has 1 N–H and O–H groups in total. The lowest BCUT2D eigenvalue weighted by molar-refractivity contribution is -0.139. The van der Waals surface area contributed by atoms with Gasteiger partial charge in [0.1, 0.15) is 5.58 Å². The summed E-state index contributed by atoms with van der Waals surface area (Å²) in [5, 5.41) is 14.8. The van der Waals surface area contributed by atoms with Crippen LogP contribution in [0.5, 0.6) is 11.5 Å². The largest absolute Gasteiger partial charge is 0.490 e. The second kappa shape index (κ2) is 11.3. The van der Waals surface area contributed by atoms with E-state index in [4.69, 9.17) is 24.0 Å². The Morgan fingerprint density at radius 3 is 2.67 bits per heavy atom. The van der Waals surface area contributed by atoms with Crippen LogP contribution in [0.15, 0.2) is 82.3 Å². The van der Waals surface area contributed by atoms with E-state index in [0.29, 0.717) is 49.1 Å². The predicted octanol–water partition coefficient (Wildman–Crippen LogP) is 6.84. The summed E-state index contributed by atoms with van der Waals surface area (Å²) in [7, 11) is 0. The fourth-order valence-corrected chi connectivity index (χ4v) is 5.18. The number of para-hydroxylation sites is 1. The first-order chi connectivity index (χ1) is 18.8. The van der Waals surface area contributed by atoms with Crippen molar-refractivity contribution in [2.75, 3.05) is 13.2 Å². The highest BCUT2D eigenvalue weighted by Gasteiger charge is 2.20. The minimum Gasteiger partial charge on any atom is -0.490 e. The number of carboxylic acid groups (broad SMARTS) is 1. The van der Waals surface area contributed by atoms with E-state index in [-0.39, 0.29) is 17.1 Å². The van der Waals surface area contributed by atoms with Gasteiger partial charge in [0.15, 0.2) is 23.9 Å². The van der Waals surface area contributed by atoms with Gasteiger partial charge in [0.05, 0.1) is 28.2 Å². The zero-order valence-electron chi connectivity index (χ0n) is 20.2. The Labute approximate surface area is 246 Å². The van der Waals surface area contributed by atoms with Crippen molar-refractivity contribution in [2.45, 2.75) is 6.92 Å². The third-order valence-electron chi connectivity index (χ3n) is 5.56. The van der Waals surface area contributed by atoms with Gasteiger partial charge in [0.2, 0.25) is 5.82 Å². The first-order valence-corrected chi connectivity index (χ1v) is 13.9. The predicted molar refractivity (Wildman–Crippen MR) is 158 cm³/mol. The molecule has 0 aliphatic heterocycles. The summed E-state index contributed by atoms with van der Waals surface area (Å²) in [6.45, 7) is 1.56. The summed E-state index contributed by atoms with van der Waals surface area (Å²) < 4.78 is 20.2. The van der Waals surface area contributed by atoms with Crippen molar-refractivity contribution in [3.8, 4) is 23.1 Å². The Morgan fingerprint density at radius 1 is 1.10 bits per heavy atom. The van der Waals surface area contributed by atoms with Crippen LogP contribution in [0.4, 0.5) is 0 Å². The quantitative estimate of drug-likeness (QED) is 0.175. The van der Waals surface area contributed by atoms with Crippen LogP contribution in [0, 0.1) is 0 Å². The normalized spacial score (nSPS) is 11.5. The van der Waals surface area contributed by atoms with Crippen LogP contribution in [-0.4, -0.2) is 40.2 Å². The average Bonchev–Trinajstić information content (AvgIpc) is 3.33. The number of benzene rings is 3. The highest BCUT2D eigenvalue weighted by Crippen LogP contribution is 2.42. The van der Waals surface area contributed by atoms with Crippen LogP contribution in [0.25, 0.3) is 33.5 Å². The highest BCUT2D eigenvalue weighted by molar-refractivity contribution is 9.13. The van der Waals surface area contributed by atoms with E-state index in [1.807, 2.05) is 18.2 Å². The molecular formula is C27H18Br3N3O6. The molecule has 0 spiro atoms. The smallest absolute Gasteiger partial charge is 0.341 e. The van der Waals surface area contributed by atoms with Gasteiger partial charge in [-0.25, -0.2) is 9.78 Å². The Morgan fingerprint density at radius 2 is 1.90 bits per heavy atom. The van der Waals surface area contributed by atoms with Gasteiger partial charge in [0, 0.05) is 19.9 Å². The number of rotatable bonds is 8. The van der Waals surface area contributed by atoms with E-state index >= 15 is 0 Å². The number of carbonyl (C=O) groups is 1. The lowest BCUT2D eigenvalue weighted by Gasteiger charge is -2.15. The number of halogens is 3. The first kappa shape index (κ1) is 27.1. The van der Waals surface area contributed by atoms with Crippen molar-refractivity contribution in [3.63, 3.8) is 0 Å². The Bertz CT molecular complexity index is 1830. The van der Waals surface area contributed by atoms with Gasteiger partial charge in [-0.3, -0.25) is 4.79 Å². The summed E-state index contributed by atoms with van der Waals surface area (Å²) in [6.07, 6.45) is 1.47. The number of hydrogen-bond donors (Lipinski definition) is 1. The summed E-state index contributed by atoms with van der Waals surface area (Å²) in [5.74, 6) is 0.00345. The molecule has 39 heavy (non-hydrogen) atoms. The van der Waals surface area contributed by atoms with Crippen LogP contribution < -0.4 is 15.0 Å². The number of hydrogen-bond acceptors (Lipinski definition) is 7. The molecule has 0 aliphatic rings. The molecule has 5 aromatic rings. The zero-order valence-corrected chi connectivity index (χ0v) is 24.9. The van der Waals surface area contributed by atoms with E-state index < -0.39 is 12.6 Å². The standard InChI is InChI=1S/C27H18Br3N3O6/c1-2-37-20-11-15(23(29)24(30)25(20)38-13-22(34)35)12-31-33-26(32-18-6-4-3-5-17(18)27(33)36)21-10-14-9-16(28)7-8-19(14)39-21/h3-12H,2,13H2,1H3,(H,34,35). The van der Waals surface area contributed by atoms with E-state index in [1.165, 1.54) is 10.9 Å². The van der Waals surface area contributed by atoms with E-state index in [1.54, 1.807) is 43.3 Å². The molecule has 0 radical (unpaired) electrons. The van der Waals surface area contributed by atoms with Crippen LogP contribution in [0.2, 0.25) is 0 Å². The second-order valence-electron chi connectivity index (χ2n) is 8.14. The average molecular weight is 720 g/mol. The molecule has 0 fully saturated rings. The van der Waals surface area contributed by atoms with Crippen molar-refractivity contribution in [3.05, 3.63) is 83.9 Å². The second-order valence-corrected chi connectivity index (χ2v) is 10.6. The lowest BCUT2D eigenvalue weighted by atomic mass is 10.2. The molecule has 0 bridgehead atoms. The van der Waals surface area contributed by atoms with Crippen LogP contribution >= 0.6 is 47.8 Å². The topological polar surface area (TPSA) is 116 Å². The molecule has 0 atom stereocenters. The van der Waals surface area contributed by atoms with Gasteiger partial charge in [-0.2, -0.15) is 9.78 Å². The van der Waals surface area contributed by atoms with Crippen molar-refractivity contribution in [2.24, 2.45) is 5.10 Å². The zero-order chi connectivity index (χ0) is 27.7. The molecule has 5 rings (SSSR count). The number of aromatic nitrogens is 2. The molecule has 9 nitrogen and oxygen atoms in total. The maximum absolute atomic E-state index is 13.6. The monoisotopic (exact) mass is 717 g/mol. The van der Waals surface area contributed by atoms with Gasteiger partial charge in [-0.05, 0) is 81.2 Å². The van der Waals surface area contributed by atoms with Crippen molar-refractivity contribution < 1.29 is 23.8 Å². The van der Waals surface area contributed by atoms with Crippen LogP contribution in [0.3, 0.4) is 0 Å². The number of nitrogens with zero attached hydrogens (tertiary/aromatic N) is 3. The van der Waals surface area contributed by atoms with Gasteiger partial charge >= 0.3 is 5.97 Å². The summed E-state index contributed by atoms with van der Waals surface area (Å²) >= 11 is 10.4. The molecule has 2 aromatic heterocycles. The molecular weight excluding hydrogens is 702 g/mol. The van der Waals surface area contributed by atoms with Crippen molar-refractivity contribution in [1.82, 2.24) is 9.66 Å². The lowest BCUT2D eigenvalue weighted by Crippen LogP contribution is -2.20. The number of aliphatic carboxylic acids is 1.